The molecule has 0 bridgehead atoms. The average Bonchev–Trinajstić information content (AvgIpc) is 2.47. The molecule has 22 heavy (non-hydrogen) atoms. The number of benzene rings is 2. The molecular weight excluding hydrogens is 307 g/mol. The molecule has 1 atom stereocenters. The van der Waals surface area contributed by atoms with Crippen molar-refractivity contribution in [3.05, 3.63) is 75.8 Å². The van der Waals surface area contributed by atoms with Gasteiger partial charge in [0.05, 0.1) is 4.92 Å². The van der Waals surface area contributed by atoms with E-state index < -0.39 is 18.3 Å². The van der Waals surface area contributed by atoms with Gasteiger partial charge in [-0.2, -0.15) is 0 Å². The quantitative estimate of drug-likeness (QED) is 0.428. The standard InChI is InChI=1S/C14H15N2O5P/c17-16(18)13-8-6-12(7-9-13)14(22(19,20)21)15-10-11-4-2-1-3-5-11/h1-9,14-15H,10H2,(H2,19,20,21)/t14-/m1/s1. The highest BCUT2D eigenvalue weighted by Gasteiger charge is 2.30. The molecule has 0 aliphatic rings. The van der Waals surface area contributed by atoms with E-state index in [9.17, 15) is 24.5 Å². The number of nitro groups is 1. The maximum Gasteiger partial charge on any atom is 0.346 e. The molecule has 0 fully saturated rings. The van der Waals surface area contributed by atoms with E-state index in [0.29, 0.717) is 5.56 Å². The molecule has 0 aliphatic carbocycles. The van der Waals surface area contributed by atoms with Crippen LogP contribution in [0.1, 0.15) is 16.9 Å². The van der Waals surface area contributed by atoms with Crippen LogP contribution in [0.25, 0.3) is 0 Å². The molecular formula is C14H15N2O5P. The van der Waals surface area contributed by atoms with E-state index in [1.165, 1.54) is 24.3 Å². The SMILES string of the molecule is O=[N+]([O-])c1ccc([C@H](NCc2ccccc2)P(=O)(O)O)cc1. The zero-order valence-corrected chi connectivity index (χ0v) is 12.4. The zero-order valence-electron chi connectivity index (χ0n) is 11.5. The van der Waals surface area contributed by atoms with E-state index >= 15 is 0 Å². The topological polar surface area (TPSA) is 113 Å². The molecule has 0 heterocycles. The minimum Gasteiger partial charge on any atom is -0.323 e. The number of non-ortho nitro benzene ring substituents is 1. The molecule has 0 saturated heterocycles. The largest absolute Gasteiger partial charge is 0.346 e. The lowest BCUT2D eigenvalue weighted by Gasteiger charge is -2.20. The molecule has 2 aromatic rings. The number of hydrogen-bond donors (Lipinski definition) is 3. The van der Waals surface area contributed by atoms with Crippen LogP contribution < -0.4 is 5.32 Å². The summed E-state index contributed by atoms with van der Waals surface area (Å²) in [4.78, 5) is 29.1. The Balaban J connectivity index is 2.19. The second kappa shape index (κ2) is 6.81. The second-order valence-corrected chi connectivity index (χ2v) is 6.40. The van der Waals surface area contributed by atoms with Gasteiger partial charge in [0, 0.05) is 18.7 Å². The monoisotopic (exact) mass is 322 g/mol. The van der Waals surface area contributed by atoms with Gasteiger partial charge in [0.1, 0.15) is 5.78 Å². The summed E-state index contributed by atoms with van der Waals surface area (Å²) in [6.45, 7) is 0.271. The first-order valence-electron chi connectivity index (χ1n) is 6.45. The number of hydrogen-bond acceptors (Lipinski definition) is 4. The van der Waals surface area contributed by atoms with Crippen molar-refractivity contribution < 1.29 is 19.3 Å². The van der Waals surface area contributed by atoms with Crippen molar-refractivity contribution in [1.29, 1.82) is 0 Å². The Kier molecular flexibility index (Phi) is 5.05. The Morgan fingerprint density at radius 2 is 1.68 bits per heavy atom. The number of rotatable bonds is 6. The average molecular weight is 322 g/mol. The summed E-state index contributed by atoms with van der Waals surface area (Å²) in [5, 5.41) is 13.4. The van der Waals surface area contributed by atoms with Gasteiger partial charge in [-0.3, -0.25) is 20.0 Å². The van der Waals surface area contributed by atoms with Crippen molar-refractivity contribution >= 4 is 13.3 Å². The highest BCUT2D eigenvalue weighted by atomic mass is 31.2. The summed E-state index contributed by atoms with van der Waals surface area (Å²) in [5.74, 6) is -1.21. The van der Waals surface area contributed by atoms with Gasteiger partial charge in [-0.05, 0) is 23.3 Å². The van der Waals surface area contributed by atoms with Gasteiger partial charge >= 0.3 is 7.60 Å². The van der Waals surface area contributed by atoms with Gasteiger partial charge in [0.2, 0.25) is 0 Å². The molecule has 0 amide bonds. The smallest absolute Gasteiger partial charge is 0.323 e. The van der Waals surface area contributed by atoms with Crippen molar-refractivity contribution in [3.8, 4) is 0 Å². The summed E-state index contributed by atoms with van der Waals surface area (Å²) in [6, 6.07) is 14.3. The maximum absolute atomic E-state index is 11.7. The highest BCUT2D eigenvalue weighted by molar-refractivity contribution is 7.52. The lowest BCUT2D eigenvalue weighted by atomic mass is 10.2. The molecule has 116 valence electrons. The van der Waals surface area contributed by atoms with Gasteiger partial charge in [0.15, 0.2) is 0 Å². The minimum atomic E-state index is -4.45. The Bertz CT molecular complexity index is 684. The molecule has 0 radical (unpaired) electrons. The normalized spacial score (nSPS) is 12.8. The third-order valence-corrected chi connectivity index (χ3v) is 4.25. The predicted molar refractivity (Wildman–Crippen MR) is 81.2 cm³/mol. The maximum atomic E-state index is 11.7. The molecule has 0 saturated carbocycles. The van der Waals surface area contributed by atoms with E-state index in [1.54, 1.807) is 0 Å². The fourth-order valence-electron chi connectivity index (χ4n) is 2.02. The third-order valence-electron chi connectivity index (χ3n) is 3.10. The summed E-state index contributed by atoms with van der Waals surface area (Å²) in [5.41, 5.74) is 1.05. The van der Waals surface area contributed by atoms with E-state index in [-0.39, 0.29) is 12.2 Å². The van der Waals surface area contributed by atoms with Gasteiger partial charge in [-0.15, -0.1) is 0 Å². The number of nitrogens with one attached hydrogen (secondary N) is 1. The van der Waals surface area contributed by atoms with Crippen LogP contribution in [0.2, 0.25) is 0 Å². The van der Waals surface area contributed by atoms with Crippen LogP contribution in [0.4, 0.5) is 5.69 Å². The fraction of sp³-hybridized carbons (Fsp3) is 0.143. The summed E-state index contributed by atoms with van der Waals surface area (Å²) in [6.07, 6.45) is 0. The summed E-state index contributed by atoms with van der Waals surface area (Å²) in [7, 11) is -4.45. The summed E-state index contributed by atoms with van der Waals surface area (Å²) < 4.78 is 11.7. The van der Waals surface area contributed by atoms with E-state index in [1.807, 2.05) is 30.3 Å². The first-order valence-corrected chi connectivity index (χ1v) is 8.13. The van der Waals surface area contributed by atoms with Crippen molar-refractivity contribution in [2.24, 2.45) is 0 Å². The van der Waals surface area contributed by atoms with Crippen molar-refractivity contribution in [1.82, 2.24) is 5.32 Å². The van der Waals surface area contributed by atoms with Crippen LogP contribution in [0.5, 0.6) is 0 Å². The van der Waals surface area contributed by atoms with Gasteiger partial charge < -0.3 is 9.79 Å². The Morgan fingerprint density at radius 3 is 2.18 bits per heavy atom. The van der Waals surface area contributed by atoms with Gasteiger partial charge in [-0.1, -0.05) is 30.3 Å². The Labute approximate surface area is 126 Å². The molecule has 3 N–H and O–H groups in total. The van der Waals surface area contributed by atoms with Crippen LogP contribution in [-0.4, -0.2) is 14.7 Å². The lowest BCUT2D eigenvalue weighted by molar-refractivity contribution is -0.384. The molecule has 0 aliphatic heterocycles. The number of nitrogens with zero attached hydrogens (tertiary/aromatic N) is 1. The third kappa shape index (κ3) is 4.22. The van der Waals surface area contributed by atoms with Gasteiger partial charge in [-0.25, -0.2) is 0 Å². The van der Waals surface area contributed by atoms with E-state index in [4.69, 9.17) is 0 Å². The first kappa shape index (κ1) is 16.3. The van der Waals surface area contributed by atoms with E-state index in [2.05, 4.69) is 5.32 Å². The zero-order chi connectivity index (χ0) is 16.2. The minimum absolute atomic E-state index is 0.128. The lowest BCUT2D eigenvalue weighted by Crippen LogP contribution is -2.21. The van der Waals surface area contributed by atoms with Crippen LogP contribution in [0.15, 0.2) is 54.6 Å². The predicted octanol–water partition coefficient (Wildman–Crippen LogP) is 2.56. The second-order valence-electron chi connectivity index (χ2n) is 4.71. The van der Waals surface area contributed by atoms with Crippen molar-refractivity contribution in [2.75, 3.05) is 0 Å². The molecule has 8 heteroatoms. The molecule has 2 aromatic carbocycles. The van der Waals surface area contributed by atoms with Crippen LogP contribution in [0, 0.1) is 10.1 Å². The van der Waals surface area contributed by atoms with Crippen molar-refractivity contribution in [3.63, 3.8) is 0 Å². The first-order chi connectivity index (χ1) is 10.4. The molecule has 0 spiro atoms. The van der Waals surface area contributed by atoms with Crippen molar-refractivity contribution in [2.45, 2.75) is 12.3 Å². The molecule has 7 nitrogen and oxygen atoms in total. The summed E-state index contributed by atoms with van der Waals surface area (Å²) >= 11 is 0. The van der Waals surface area contributed by atoms with Gasteiger partial charge in [0.25, 0.3) is 5.69 Å². The Morgan fingerprint density at radius 1 is 1.09 bits per heavy atom. The molecule has 0 unspecified atom stereocenters. The number of nitro benzene ring substituents is 1. The molecule has 0 aromatic heterocycles. The Hall–Kier alpha value is -2.05. The van der Waals surface area contributed by atoms with Crippen LogP contribution >= 0.6 is 7.60 Å². The molecule has 2 rings (SSSR count). The van der Waals surface area contributed by atoms with Crippen LogP contribution in [-0.2, 0) is 11.1 Å². The highest BCUT2D eigenvalue weighted by Crippen LogP contribution is 2.50. The fourth-order valence-corrected chi connectivity index (χ4v) is 2.91. The van der Waals surface area contributed by atoms with E-state index in [0.717, 1.165) is 5.56 Å². The van der Waals surface area contributed by atoms with Crippen LogP contribution in [0.3, 0.4) is 0 Å².